The fourth-order valence-electron chi connectivity index (χ4n) is 1.58. The van der Waals surface area contributed by atoms with Gasteiger partial charge in [-0.25, -0.2) is 4.98 Å². The Kier molecular flexibility index (Phi) is 1.56. The lowest BCUT2D eigenvalue weighted by molar-refractivity contribution is 1.21. The van der Waals surface area contributed by atoms with E-state index in [9.17, 15) is 0 Å². The topological polar surface area (TPSA) is 52.5 Å². The number of nitriles is 1. The third kappa shape index (κ3) is 1.07. The Bertz CT molecular complexity index is 503. The molecule has 0 radical (unpaired) electrons. The van der Waals surface area contributed by atoms with Crippen molar-refractivity contribution in [2.45, 2.75) is 13.8 Å². The van der Waals surface area contributed by atoms with Gasteiger partial charge in [-0.1, -0.05) is 0 Å². The second kappa shape index (κ2) is 2.60. The predicted octanol–water partition coefficient (Wildman–Crippen LogP) is 2.05. The standard InChI is InChI=1S/C10H9N3/c1-6-3-7(2)13-10-9(6)8(4-11)5-12-10/h3,5H,1-2H3,(H,12,13). The molecule has 64 valence electrons. The normalized spacial score (nSPS) is 10.2. The first kappa shape index (κ1) is 7.81. The Labute approximate surface area is 76.0 Å². The van der Waals surface area contributed by atoms with E-state index in [-0.39, 0.29) is 0 Å². The quantitative estimate of drug-likeness (QED) is 0.659. The van der Waals surface area contributed by atoms with E-state index in [0.29, 0.717) is 5.56 Å². The van der Waals surface area contributed by atoms with Crippen LogP contribution in [0.15, 0.2) is 12.3 Å². The van der Waals surface area contributed by atoms with Gasteiger partial charge in [0.05, 0.1) is 5.56 Å². The van der Waals surface area contributed by atoms with Gasteiger partial charge in [-0.2, -0.15) is 5.26 Å². The number of hydrogen-bond donors (Lipinski definition) is 1. The number of nitrogens with one attached hydrogen (secondary N) is 1. The zero-order chi connectivity index (χ0) is 9.42. The smallest absolute Gasteiger partial charge is 0.139 e. The lowest BCUT2D eigenvalue weighted by Crippen LogP contribution is -1.85. The van der Waals surface area contributed by atoms with Crippen LogP contribution in [0.4, 0.5) is 0 Å². The van der Waals surface area contributed by atoms with E-state index in [2.05, 4.69) is 16.0 Å². The second-order valence-electron chi connectivity index (χ2n) is 3.12. The van der Waals surface area contributed by atoms with Crippen LogP contribution in [0.25, 0.3) is 11.0 Å². The number of hydrogen-bond acceptors (Lipinski definition) is 2. The van der Waals surface area contributed by atoms with Gasteiger partial charge in [0.25, 0.3) is 0 Å². The summed E-state index contributed by atoms with van der Waals surface area (Å²) in [7, 11) is 0. The third-order valence-electron chi connectivity index (χ3n) is 2.09. The monoisotopic (exact) mass is 171 g/mol. The fourth-order valence-corrected chi connectivity index (χ4v) is 1.58. The summed E-state index contributed by atoms with van der Waals surface area (Å²) >= 11 is 0. The number of pyridine rings is 1. The third-order valence-corrected chi connectivity index (χ3v) is 2.09. The lowest BCUT2D eigenvalue weighted by atomic mass is 10.1. The van der Waals surface area contributed by atoms with Crippen molar-refractivity contribution in [3.05, 3.63) is 29.1 Å². The number of fused-ring (bicyclic) bond motifs is 1. The van der Waals surface area contributed by atoms with Gasteiger partial charge >= 0.3 is 0 Å². The van der Waals surface area contributed by atoms with Crippen LogP contribution in [0.2, 0.25) is 0 Å². The minimum absolute atomic E-state index is 0.667. The Morgan fingerprint density at radius 3 is 2.92 bits per heavy atom. The number of aromatic nitrogens is 2. The molecule has 13 heavy (non-hydrogen) atoms. The van der Waals surface area contributed by atoms with Crippen LogP contribution in [-0.2, 0) is 0 Å². The average Bonchev–Trinajstić information content (AvgIpc) is 2.47. The van der Waals surface area contributed by atoms with E-state index >= 15 is 0 Å². The molecule has 0 saturated carbocycles. The molecule has 0 amide bonds. The highest BCUT2D eigenvalue weighted by atomic mass is 14.8. The number of aromatic amines is 1. The number of H-pyrrole nitrogens is 1. The minimum atomic E-state index is 0.667. The Hall–Kier alpha value is -1.82. The number of aryl methyl sites for hydroxylation is 2. The summed E-state index contributed by atoms with van der Waals surface area (Å²) in [6.07, 6.45) is 1.70. The Balaban J connectivity index is 2.92. The predicted molar refractivity (Wildman–Crippen MR) is 50.3 cm³/mol. The van der Waals surface area contributed by atoms with Gasteiger partial charge < -0.3 is 4.98 Å². The summed E-state index contributed by atoms with van der Waals surface area (Å²) in [6, 6.07) is 4.12. The van der Waals surface area contributed by atoms with E-state index in [4.69, 9.17) is 5.26 Å². The average molecular weight is 171 g/mol. The maximum Gasteiger partial charge on any atom is 0.139 e. The highest BCUT2D eigenvalue weighted by Crippen LogP contribution is 2.20. The molecule has 0 saturated heterocycles. The van der Waals surface area contributed by atoms with E-state index in [1.807, 2.05) is 19.9 Å². The summed E-state index contributed by atoms with van der Waals surface area (Å²) < 4.78 is 0. The van der Waals surface area contributed by atoms with E-state index in [1.165, 1.54) is 0 Å². The summed E-state index contributed by atoms with van der Waals surface area (Å²) in [4.78, 5) is 7.29. The molecule has 0 bridgehead atoms. The first-order chi connectivity index (χ1) is 6.22. The molecule has 2 aromatic rings. The van der Waals surface area contributed by atoms with Gasteiger partial charge in [0.1, 0.15) is 11.7 Å². The molecule has 0 aliphatic heterocycles. The first-order valence-electron chi connectivity index (χ1n) is 4.08. The van der Waals surface area contributed by atoms with E-state index in [0.717, 1.165) is 22.3 Å². The van der Waals surface area contributed by atoms with Crippen molar-refractivity contribution in [1.29, 1.82) is 5.26 Å². The van der Waals surface area contributed by atoms with Crippen molar-refractivity contribution < 1.29 is 0 Å². The van der Waals surface area contributed by atoms with Gasteiger partial charge in [0, 0.05) is 17.3 Å². The maximum absolute atomic E-state index is 8.82. The summed E-state index contributed by atoms with van der Waals surface area (Å²) in [5, 5.41) is 9.76. The molecule has 2 rings (SSSR count). The number of rotatable bonds is 0. The minimum Gasteiger partial charge on any atom is -0.345 e. The molecule has 0 atom stereocenters. The van der Waals surface area contributed by atoms with Gasteiger partial charge in [-0.05, 0) is 25.5 Å². The fraction of sp³-hybridized carbons (Fsp3) is 0.200. The van der Waals surface area contributed by atoms with Crippen molar-refractivity contribution in [2.75, 3.05) is 0 Å². The van der Waals surface area contributed by atoms with Gasteiger partial charge in [0.2, 0.25) is 0 Å². The first-order valence-corrected chi connectivity index (χ1v) is 4.08. The van der Waals surface area contributed by atoms with Crippen LogP contribution in [0, 0.1) is 25.2 Å². The van der Waals surface area contributed by atoms with Gasteiger partial charge in [-0.15, -0.1) is 0 Å². The molecule has 0 spiro atoms. The highest BCUT2D eigenvalue weighted by molar-refractivity contribution is 5.85. The SMILES string of the molecule is Cc1cc(C)c2c(C#N)c[nH]c2n1. The zero-order valence-corrected chi connectivity index (χ0v) is 7.55. The van der Waals surface area contributed by atoms with Crippen LogP contribution in [0.1, 0.15) is 16.8 Å². The van der Waals surface area contributed by atoms with Crippen molar-refractivity contribution in [3.8, 4) is 6.07 Å². The summed E-state index contributed by atoms with van der Waals surface area (Å²) in [5.74, 6) is 0. The molecular weight excluding hydrogens is 162 g/mol. The Morgan fingerprint density at radius 1 is 1.46 bits per heavy atom. The van der Waals surface area contributed by atoms with Crippen molar-refractivity contribution in [3.63, 3.8) is 0 Å². The van der Waals surface area contributed by atoms with E-state index in [1.54, 1.807) is 6.20 Å². The number of nitrogens with zero attached hydrogens (tertiary/aromatic N) is 2. The Morgan fingerprint density at radius 2 is 2.23 bits per heavy atom. The van der Waals surface area contributed by atoms with Crippen molar-refractivity contribution >= 4 is 11.0 Å². The van der Waals surface area contributed by atoms with Crippen LogP contribution in [0.5, 0.6) is 0 Å². The molecular formula is C10H9N3. The van der Waals surface area contributed by atoms with Crippen LogP contribution >= 0.6 is 0 Å². The lowest BCUT2D eigenvalue weighted by Gasteiger charge is -1.97. The molecule has 0 fully saturated rings. The van der Waals surface area contributed by atoms with Crippen molar-refractivity contribution in [1.82, 2.24) is 9.97 Å². The molecule has 0 aliphatic carbocycles. The maximum atomic E-state index is 8.82. The zero-order valence-electron chi connectivity index (χ0n) is 7.55. The molecule has 1 N–H and O–H groups in total. The summed E-state index contributed by atoms with van der Waals surface area (Å²) in [6.45, 7) is 3.94. The van der Waals surface area contributed by atoms with Gasteiger partial charge in [0.15, 0.2) is 0 Å². The van der Waals surface area contributed by atoms with Crippen LogP contribution < -0.4 is 0 Å². The molecule has 3 nitrogen and oxygen atoms in total. The molecule has 3 heteroatoms. The van der Waals surface area contributed by atoms with Crippen LogP contribution in [-0.4, -0.2) is 9.97 Å². The molecule has 2 heterocycles. The van der Waals surface area contributed by atoms with Gasteiger partial charge in [-0.3, -0.25) is 0 Å². The molecule has 0 aliphatic rings. The highest BCUT2D eigenvalue weighted by Gasteiger charge is 2.06. The summed E-state index contributed by atoms with van der Waals surface area (Å²) in [5.41, 5.74) is 3.53. The molecule has 2 aromatic heterocycles. The van der Waals surface area contributed by atoms with Crippen LogP contribution in [0.3, 0.4) is 0 Å². The molecule has 0 unspecified atom stereocenters. The largest absolute Gasteiger partial charge is 0.345 e. The van der Waals surface area contributed by atoms with Crippen molar-refractivity contribution in [2.24, 2.45) is 0 Å². The molecule has 0 aromatic carbocycles. The second-order valence-corrected chi connectivity index (χ2v) is 3.12. The van der Waals surface area contributed by atoms with E-state index < -0.39 is 0 Å².